The van der Waals surface area contributed by atoms with E-state index in [0.29, 0.717) is 0 Å². The molecule has 3 aromatic rings. The number of halogens is 2. The van der Waals surface area contributed by atoms with E-state index in [1.807, 2.05) is 23.6 Å². The molecule has 2 heterocycles. The van der Waals surface area contributed by atoms with Gasteiger partial charge in [-0.3, -0.25) is 4.79 Å². The van der Waals surface area contributed by atoms with Gasteiger partial charge in [0.2, 0.25) is 5.78 Å². The third-order valence-electron chi connectivity index (χ3n) is 3.03. The second-order valence-electron chi connectivity index (χ2n) is 4.53. The number of carbonyl (C=O) groups excluding carboxylic acids is 1. The van der Waals surface area contributed by atoms with Crippen molar-refractivity contribution in [1.29, 1.82) is 0 Å². The second kappa shape index (κ2) is 7.38. The van der Waals surface area contributed by atoms with Gasteiger partial charge in [0.1, 0.15) is 5.82 Å². The van der Waals surface area contributed by atoms with E-state index < -0.39 is 0 Å². The number of benzene rings is 1. The predicted octanol–water partition coefficient (Wildman–Crippen LogP) is 0.124. The number of carbonyl (C=O) groups is 1. The molecule has 0 bridgehead atoms. The van der Waals surface area contributed by atoms with Gasteiger partial charge < -0.3 is 17.0 Å². The lowest BCUT2D eigenvalue weighted by Crippen LogP contribution is -3.00. The van der Waals surface area contributed by atoms with Crippen LogP contribution in [0.4, 0.5) is 4.39 Å². The summed E-state index contributed by atoms with van der Waals surface area (Å²) in [5.41, 5.74) is 1.59. The van der Waals surface area contributed by atoms with E-state index in [-0.39, 0.29) is 35.1 Å². The molecular formula is C16H12BrFN2OS. The maximum atomic E-state index is 12.9. The lowest BCUT2D eigenvalue weighted by Gasteiger charge is -1.99. The Morgan fingerprint density at radius 2 is 1.95 bits per heavy atom. The Bertz CT molecular complexity index is 743. The quantitative estimate of drug-likeness (QED) is 0.477. The number of hydrogen-bond donors (Lipinski definition) is 0. The van der Waals surface area contributed by atoms with Gasteiger partial charge in [0.05, 0.1) is 11.1 Å². The number of nitrogens with zero attached hydrogens (tertiary/aromatic N) is 2. The average Bonchev–Trinajstić information content (AvgIpc) is 3.03. The molecule has 0 aliphatic rings. The topological polar surface area (TPSA) is 33.8 Å². The smallest absolute Gasteiger partial charge is 0.287 e. The summed E-state index contributed by atoms with van der Waals surface area (Å²) in [6.45, 7) is 0.261. The van der Waals surface area contributed by atoms with Gasteiger partial charge in [-0.25, -0.2) is 8.96 Å². The minimum absolute atomic E-state index is 0. The Morgan fingerprint density at radius 3 is 2.55 bits per heavy atom. The summed E-state index contributed by atoms with van der Waals surface area (Å²) in [4.78, 5) is 17.0. The summed E-state index contributed by atoms with van der Waals surface area (Å²) in [5, 5.41) is 1.88. The Balaban J connectivity index is 0.00000176. The molecule has 1 aromatic carbocycles. The van der Waals surface area contributed by atoms with Crippen molar-refractivity contribution in [3.05, 3.63) is 71.1 Å². The van der Waals surface area contributed by atoms with Crippen LogP contribution < -0.4 is 21.5 Å². The van der Waals surface area contributed by atoms with E-state index >= 15 is 0 Å². The first kappa shape index (κ1) is 16.5. The fourth-order valence-electron chi connectivity index (χ4n) is 1.95. The van der Waals surface area contributed by atoms with Crippen molar-refractivity contribution >= 4 is 17.1 Å². The minimum atomic E-state index is -0.272. The normalized spacial score (nSPS) is 10.0. The summed E-state index contributed by atoms with van der Waals surface area (Å²) >= 11 is 1.43. The highest BCUT2D eigenvalue weighted by Gasteiger charge is 2.12. The molecule has 2 aromatic heterocycles. The van der Waals surface area contributed by atoms with Crippen molar-refractivity contribution in [3.8, 4) is 11.3 Å². The van der Waals surface area contributed by atoms with E-state index in [1.165, 1.54) is 23.5 Å². The van der Waals surface area contributed by atoms with Crippen LogP contribution in [0, 0.1) is 5.82 Å². The molecule has 0 atom stereocenters. The van der Waals surface area contributed by atoms with Crippen molar-refractivity contribution in [3.63, 3.8) is 0 Å². The van der Waals surface area contributed by atoms with E-state index in [9.17, 15) is 9.18 Å². The molecular weight excluding hydrogens is 367 g/mol. The van der Waals surface area contributed by atoms with Crippen molar-refractivity contribution in [2.75, 3.05) is 0 Å². The first-order chi connectivity index (χ1) is 10.2. The highest BCUT2D eigenvalue weighted by molar-refractivity contribution is 7.12. The first-order valence-corrected chi connectivity index (χ1v) is 7.28. The Hall–Kier alpha value is -1.92. The fourth-order valence-corrected chi connectivity index (χ4v) is 2.61. The van der Waals surface area contributed by atoms with Gasteiger partial charge in [-0.05, 0) is 40.7 Å². The van der Waals surface area contributed by atoms with Crippen LogP contribution in [0.15, 0.2) is 60.4 Å². The molecule has 0 fully saturated rings. The molecule has 6 heteroatoms. The van der Waals surface area contributed by atoms with Crippen LogP contribution >= 0.6 is 11.3 Å². The largest absolute Gasteiger partial charge is 1.00 e. The SMILES string of the molecule is O=C(C[n+]1ccc(-c2ccc(F)cc2)nc1)c1cccs1.[Br-]. The molecule has 0 radical (unpaired) electrons. The average molecular weight is 379 g/mol. The number of ketones is 1. The maximum absolute atomic E-state index is 12.9. The predicted molar refractivity (Wildman–Crippen MR) is 78.5 cm³/mol. The number of hydrogen-bond acceptors (Lipinski definition) is 3. The lowest BCUT2D eigenvalue weighted by atomic mass is 10.1. The Kier molecular flexibility index (Phi) is 5.51. The van der Waals surface area contributed by atoms with Crippen molar-refractivity contribution < 1.29 is 30.7 Å². The molecule has 0 saturated carbocycles. The summed E-state index contributed by atoms with van der Waals surface area (Å²) in [6.07, 6.45) is 3.42. The number of aromatic nitrogens is 2. The van der Waals surface area contributed by atoms with Gasteiger partial charge in [0.15, 0.2) is 12.2 Å². The highest BCUT2D eigenvalue weighted by atomic mass is 79.9. The molecule has 112 valence electrons. The molecule has 0 unspecified atom stereocenters. The van der Waals surface area contributed by atoms with Crippen molar-refractivity contribution in [2.24, 2.45) is 0 Å². The molecule has 22 heavy (non-hydrogen) atoms. The zero-order valence-electron chi connectivity index (χ0n) is 11.4. The minimum Gasteiger partial charge on any atom is -1.00 e. The molecule has 3 rings (SSSR count). The molecule has 0 spiro atoms. The van der Waals surface area contributed by atoms with Crippen molar-refractivity contribution in [2.45, 2.75) is 6.54 Å². The maximum Gasteiger partial charge on any atom is 0.287 e. The molecule has 0 amide bonds. The van der Waals surface area contributed by atoms with Gasteiger partial charge in [-0.15, -0.1) is 11.3 Å². The molecule has 0 saturated heterocycles. The summed E-state index contributed by atoms with van der Waals surface area (Å²) in [6, 6.07) is 11.6. The number of rotatable bonds is 4. The Morgan fingerprint density at radius 1 is 1.18 bits per heavy atom. The van der Waals surface area contributed by atoms with Crippen LogP contribution in [0.25, 0.3) is 11.3 Å². The number of Topliss-reactive ketones (excluding diaryl/α,β-unsaturated/α-hetero) is 1. The van der Waals surface area contributed by atoms with Crippen LogP contribution in [0.2, 0.25) is 0 Å². The Labute approximate surface area is 141 Å². The van der Waals surface area contributed by atoms with Gasteiger partial charge in [-0.2, -0.15) is 0 Å². The zero-order chi connectivity index (χ0) is 14.7. The summed E-state index contributed by atoms with van der Waals surface area (Å²) < 4.78 is 14.6. The van der Waals surface area contributed by atoms with Gasteiger partial charge >= 0.3 is 0 Å². The third kappa shape index (κ3) is 3.84. The van der Waals surface area contributed by atoms with Crippen LogP contribution in [-0.4, -0.2) is 10.8 Å². The molecule has 0 aliphatic carbocycles. The highest BCUT2D eigenvalue weighted by Crippen LogP contribution is 2.15. The van der Waals surface area contributed by atoms with E-state index in [0.717, 1.165) is 16.1 Å². The molecule has 0 N–H and O–H groups in total. The standard InChI is InChI=1S/C16H12FN2OS.BrH/c17-13-5-3-12(4-6-13)14-7-8-19(11-18-14)10-15(20)16-2-1-9-21-16;/h1-9,11H,10H2;1H/q+1;/p-1. The van der Waals surface area contributed by atoms with Gasteiger partial charge in [0, 0.05) is 11.6 Å². The van der Waals surface area contributed by atoms with Crippen LogP contribution in [0.5, 0.6) is 0 Å². The van der Waals surface area contributed by atoms with Crippen LogP contribution in [0.3, 0.4) is 0 Å². The summed E-state index contributed by atoms with van der Waals surface area (Å²) in [7, 11) is 0. The van der Waals surface area contributed by atoms with Gasteiger partial charge in [0.25, 0.3) is 6.33 Å². The number of thiophene rings is 1. The fraction of sp³-hybridized carbons (Fsp3) is 0.0625. The van der Waals surface area contributed by atoms with Gasteiger partial charge in [-0.1, -0.05) is 6.07 Å². The van der Waals surface area contributed by atoms with E-state index in [4.69, 9.17) is 0 Å². The van der Waals surface area contributed by atoms with E-state index in [1.54, 1.807) is 29.2 Å². The van der Waals surface area contributed by atoms with E-state index in [2.05, 4.69) is 4.98 Å². The zero-order valence-corrected chi connectivity index (χ0v) is 13.8. The third-order valence-corrected chi connectivity index (χ3v) is 3.94. The monoisotopic (exact) mass is 378 g/mol. The summed E-state index contributed by atoms with van der Waals surface area (Å²) in [5.74, 6) is -0.211. The first-order valence-electron chi connectivity index (χ1n) is 6.40. The van der Waals surface area contributed by atoms with Crippen LogP contribution in [-0.2, 0) is 6.54 Å². The van der Waals surface area contributed by atoms with Crippen LogP contribution in [0.1, 0.15) is 9.67 Å². The molecule has 3 nitrogen and oxygen atoms in total. The molecule has 0 aliphatic heterocycles. The second-order valence-corrected chi connectivity index (χ2v) is 5.47. The van der Waals surface area contributed by atoms with Crippen molar-refractivity contribution in [1.82, 2.24) is 4.98 Å². The lowest BCUT2D eigenvalue weighted by molar-refractivity contribution is -0.686.